The van der Waals surface area contributed by atoms with Gasteiger partial charge in [-0.1, -0.05) is 24.0 Å². The Hall–Kier alpha value is -1.76. The number of nitrogens with one attached hydrogen (secondary N) is 1. The Balaban J connectivity index is -0.000000957. The molecule has 0 radical (unpaired) electrons. The average molecular weight is 463 g/mol. The molecule has 1 atom stereocenters. The van der Waals surface area contributed by atoms with Gasteiger partial charge in [0.15, 0.2) is 0 Å². The van der Waals surface area contributed by atoms with E-state index in [0.717, 1.165) is 17.0 Å². The largest absolute Gasteiger partial charge is 0.492 e. The number of methoxy groups -OCH3 is 1. The summed E-state index contributed by atoms with van der Waals surface area (Å²) in [5.41, 5.74) is 1.97. The van der Waals surface area contributed by atoms with Gasteiger partial charge in [-0.3, -0.25) is 4.79 Å². The molecule has 176 valence electrons. The third-order valence-electron chi connectivity index (χ3n) is 3.84. The van der Waals surface area contributed by atoms with E-state index in [1.807, 2.05) is 30.5 Å². The first-order chi connectivity index (χ1) is 13.0. The number of hydrogen-bond acceptors (Lipinski definition) is 6. The number of carbonyl (C=O) groups is 1. The van der Waals surface area contributed by atoms with Gasteiger partial charge >= 0.3 is 0 Å². The second-order valence-corrected chi connectivity index (χ2v) is 5.86. The number of Topliss-reactive ketones (excluding diaryl/α,β-unsaturated/α-hetero) is 1. The fraction of sp³-hybridized carbons (Fsp3) is 0.409. The second-order valence-electron chi connectivity index (χ2n) is 5.86. The molecule has 2 rings (SSSR count). The minimum atomic E-state index is -0.142. The molecule has 0 aliphatic carbocycles. The molecule has 7 nitrogen and oxygen atoms in total. The SMILES string of the molecule is [CH2-]COC.[CH2-]Cc1cn(CCOc2ccc(C[C@H](NC)C(C)=O)cc2)nn1.[CH3-].[CH3-].[Ni]. The fourth-order valence-corrected chi connectivity index (χ4v) is 2.23. The number of benzene rings is 1. The number of aromatic nitrogens is 3. The molecule has 0 saturated carbocycles. The van der Waals surface area contributed by atoms with Crippen LogP contribution in [0, 0.1) is 28.7 Å². The van der Waals surface area contributed by atoms with Gasteiger partial charge in [0.05, 0.1) is 18.3 Å². The van der Waals surface area contributed by atoms with Crippen LogP contribution in [-0.2, 0) is 45.4 Å². The summed E-state index contributed by atoms with van der Waals surface area (Å²) in [4.78, 5) is 11.4. The Morgan fingerprint density at radius 1 is 1.23 bits per heavy atom. The van der Waals surface area contributed by atoms with Gasteiger partial charge in [-0.15, -0.1) is 11.5 Å². The van der Waals surface area contributed by atoms with Crippen molar-refractivity contribution >= 4 is 5.78 Å². The number of ketones is 1. The van der Waals surface area contributed by atoms with E-state index in [1.54, 1.807) is 25.8 Å². The normalized spacial score (nSPS) is 10.3. The maximum atomic E-state index is 11.4. The molecule has 2 aromatic rings. The maximum absolute atomic E-state index is 11.4. The minimum Gasteiger partial charge on any atom is -0.492 e. The molecule has 1 aromatic carbocycles. The topological polar surface area (TPSA) is 78.3 Å². The molecule has 0 saturated heterocycles. The van der Waals surface area contributed by atoms with Crippen LogP contribution in [0.4, 0.5) is 0 Å². The molecule has 0 fully saturated rings. The fourth-order valence-electron chi connectivity index (χ4n) is 2.23. The molecule has 0 amide bonds. The number of ether oxygens (including phenoxy) is 2. The van der Waals surface area contributed by atoms with E-state index < -0.39 is 0 Å². The summed E-state index contributed by atoms with van der Waals surface area (Å²) in [5.74, 6) is 0.942. The second kappa shape index (κ2) is 19.2. The van der Waals surface area contributed by atoms with Crippen LogP contribution in [0.5, 0.6) is 5.75 Å². The van der Waals surface area contributed by atoms with Crippen molar-refractivity contribution in [1.82, 2.24) is 20.3 Å². The molecule has 30 heavy (non-hydrogen) atoms. The smallest absolute Gasteiger partial charge is 0.147 e. The van der Waals surface area contributed by atoms with Crippen LogP contribution >= 0.6 is 0 Å². The number of hydrogen-bond donors (Lipinski definition) is 1. The van der Waals surface area contributed by atoms with E-state index in [-0.39, 0.29) is 43.2 Å². The average Bonchev–Trinajstić information content (AvgIpc) is 3.15. The van der Waals surface area contributed by atoms with E-state index in [1.165, 1.54) is 0 Å². The van der Waals surface area contributed by atoms with E-state index in [4.69, 9.17) is 4.74 Å². The van der Waals surface area contributed by atoms with Crippen LogP contribution in [0.25, 0.3) is 0 Å². The molecule has 1 N–H and O–H groups in total. The summed E-state index contributed by atoms with van der Waals surface area (Å²) in [6.07, 6.45) is 3.19. The van der Waals surface area contributed by atoms with Gasteiger partial charge in [0.1, 0.15) is 18.1 Å². The van der Waals surface area contributed by atoms with Gasteiger partial charge in [-0.25, -0.2) is 4.68 Å². The van der Waals surface area contributed by atoms with E-state index in [9.17, 15) is 4.79 Å². The predicted octanol–water partition coefficient (Wildman–Crippen LogP) is 2.82. The van der Waals surface area contributed by atoms with Gasteiger partial charge in [0, 0.05) is 29.8 Å². The van der Waals surface area contributed by atoms with E-state index in [2.05, 4.69) is 34.2 Å². The zero-order valence-corrected chi connectivity index (χ0v) is 19.8. The van der Waals surface area contributed by atoms with Crippen LogP contribution in [0.15, 0.2) is 30.5 Å². The quantitative estimate of drug-likeness (QED) is 0.432. The van der Waals surface area contributed by atoms with Crippen LogP contribution in [0.1, 0.15) is 18.2 Å². The Labute approximate surface area is 192 Å². The molecule has 0 bridgehead atoms. The van der Waals surface area contributed by atoms with Crippen LogP contribution in [-0.4, -0.2) is 54.2 Å². The molecule has 1 heterocycles. The predicted molar refractivity (Wildman–Crippen MR) is 118 cm³/mol. The van der Waals surface area contributed by atoms with Crippen molar-refractivity contribution in [2.75, 3.05) is 27.4 Å². The van der Waals surface area contributed by atoms with Gasteiger partial charge < -0.3 is 43.5 Å². The summed E-state index contributed by atoms with van der Waals surface area (Å²) in [6, 6.07) is 7.67. The Morgan fingerprint density at radius 2 is 1.83 bits per heavy atom. The van der Waals surface area contributed by atoms with Gasteiger partial charge in [-0.05, 0) is 38.1 Å². The molecule has 1 aromatic heterocycles. The van der Waals surface area contributed by atoms with Crippen LogP contribution < -0.4 is 10.1 Å². The van der Waals surface area contributed by atoms with Crippen LogP contribution in [0.3, 0.4) is 0 Å². The standard InChI is InChI=1S/C17H23N4O2.C3H7O.2CH3.Ni/c1-4-15-12-21(20-19-15)9-10-23-16-7-5-14(6-8-16)11-17(18-3)13(2)22;1-3-4-2;;;/h5-8,12,17-18H,1,4,9-11H2,2-3H3;1,3H2,2H3;2*1H3;/q4*-1;/t17-;;;;/m0..../s1. The van der Waals surface area contributed by atoms with E-state index >= 15 is 0 Å². The molecule has 8 heteroatoms. The van der Waals surface area contributed by atoms with Crippen molar-refractivity contribution in [3.05, 3.63) is 70.4 Å². The molecule has 0 spiro atoms. The minimum absolute atomic E-state index is 0. The molecular formula is C22H36N4NiO3-4. The maximum Gasteiger partial charge on any atom is 0.147 e. The molecule has 0 aliphatic heterocycles. The molecular weight excluding hydrogens is 427 g/mol. The zero-order valence-electron chi connectivity index (χ0n) is 18.8. The number of nitrogens with zero attached hydrogens (tertiary/aromatic N) is 3. The third kappa shape index (κ3) is 12.7. The summed E-state index contributed by atoms with van der Waals surface area (Å²) < 4.78 is 11.9. The first-order valence-electron chi connectivity index (χ1n) is 8.89. The van der Waals surface area contributed by atoms with Crippen molar-refractivity contribution in [3.8, 4) is 5.75 Å². The van der Waals surface area contributed by atoms with Crippen molar-refractivity contribution in [2.24, 2.45) is 0 Å². The summed E-state index contributed by atoms with van der Waals surface area (Å²) in [5, 5.41) is 11.0. The van der Waals surface area contributed by atoms with Gasteiger partial charge in [0.25, 0.3) is 0 Å². The van der Waals surface area contributed by atoms with E-state index in [0.29, 0.717) is 32.6 Å². The third-order valence-corrected chi connectivity index (χ3v) is 3.84. The molecule has 0 unspecified atom stereocenters. The molecule has 0 aliphatic rings. The number of likely N-dealkylation sites (N-methyl/N-ethyl adjacent to an activating group) is 1. The first kappa shape index (κ1) is 32.9. The van der Waals surface area contributed by atoms with Crippen molar-refractivity contribution < 1.29 is 30.8 Å². The summed E-state index contributed by atoms with van der Waals surface area (Å²) in [7, 11) is 3.42. The van der Waals surface area contributed by atoms with Crippen LogP contribution in [0.2, 0.25) is 0 Å². The monoisotopic (exact) mass is 462 g/mol. The Bertz CT molecular complexity index is 661. The summed E-state index contributed by atoms with van der Waals surface area (Å²) >= 11 is 0. The van der Waals surface area contributed by atoms with Crippen molar-refractivity contribution in [2.45, 2.75) is 32.4 Å². The number of rotatable bonds is 10. The van der Waals surface area contributed by atoms with Crippen molar-refractivity contribution in [3.63, 3.8) is 0 Å². The summed E-state index contributed by atoms with van der Waals surface area (Å²) in [6.45, 7) is 10.5. The number of carbonyl (C=O) groups excluding carboxylic acids is 1. The van der Waals surface area contributed by atoms with Gasteiger partial charge in [0.2, 0.25) is 0 Å². The Kier molecular flexibility index (Phi) is 21.1. The zero-order chi connectivity index (χ0) is 20.1. The van der Waals surface area contributed by atoms with Crippen molar-refractivity contribution in [1.29, 1.82) is 0 Å². The van der Waals surface area contributed by atoms with Gasteiger partial charge in [-0.2, -0.15) is 0 Å². The first-order valence-corrected chi connectivity index (χ1v) is 8.89. The Morgan fingerprint density at radius 3 is 2.27 bits per heavy atom.